The third-order valence-corrected chi connectivity index (χ3v) is 14.3. The summed E-state index contributed by atoms with van der Waals surface area (Å²) in [5.41, 5.74) is 2.50. The Morgan fingerprint density at radius 2 is 1.42 bits per heavy atom. The molecule has 1 saturated heterocycles. The number of nitrogens with one attached hydrogen (secondary N) is 2. The van der Waals surface area contributed by atoms with Crippen LogP contribution in [0.4, 0.5) is 22.7 Å². The summed E-state index contributed by atoms with van der Waals surface area (Å²) in [5.74, 6) is -0.717. The van der Waals surface area contributed by atoms with E-state index in [1.807, 2.05) is 26.0 Å². The van der Waals surface area contributed by atoms with E-state index in [9.17, 15) is 21.6 Å². The fourth-order valence-corrected chi connectivity index (χ4v) is 10.5. The maximum absolute atomic E-state index is 14.4. The van der Waals surface area contributed by atoms with E-state index in [1.54, 1.807) is 54.6 Å². The molecule has 0 aliphatic carbocycles. The highest BCUT2D eigenvalue weighted by Gasteiger charge is 2.57. The number of carbonyl (C=O) groups is 1. The Bertz CT molecular complexity index is 2180. The average Bonchev–Trinajstić information content (AvgIpc) is 3.90. The van der Waals surface area contributed by atoms with E-state index in [1.165, 1.54) is 81.4 Å². The zero-order valence-corrected chi connectivity index (χ0v) is 37.8. The van der Waals surface area contributed by atoms with Crippen molar-refractivity contribution in [2.75, 3.05) is 31.2 Å². The molecule has 0 spiro atoms. The normalized spacial score (nSPS) is 18.7. The zero-order chi connectivity index (χ0) is 42.5. The van der Waals surface area contributed by atoms with Crippen LogP contribution in [0, 0.1) is 6.92 Å². The Hall–Kier alpha value is -3.62. The van der Waals surface area contributed by atoms with E-state index < -0.39 is 26.0 Å². The van der Waals surface area contributed by atoms with Crippen LogP contribution in [0.1, 0.15) is 122 Å². The van der Waals surface area contributed by atoms with E-state index in [2.05, 4.69) is 17.0 Å². The molecule has 2 atom stereocenters. The minimum Gasteiger partial charge on any atom is -0.319 e. The van der Waals surface area contributed by atoms with Crippen molar-refractivity contribution in [3.05, 3.63) is 77.3 Å². The third-order valence-electron chi connectivity index (χ3n) is 11.5. The Balaban J connectivity index is 1.32. The first-order valence-electron chi connectivity index (χ1n) is 21.6. The molecular weight excluding hydrogens is 804 g/mol. The minimum atomic E-state index is -4.10. The highest BCUT2D eigenvalue weighted by molar-refractivity contribution is 7.90. The first-order valence-corrected chi connectivity index (χ1v) is 25.3. The number of likely N-dealkylation sites (N-methyl/N-ethyl adjacent to an activating group) is 1. The van der Waals surface area contributed by atoms with Gasteiger partial charge in [0.2, 0.25) is 16.2 Å². The molecule has 14 heteroatoms. The van der Waals surface area contributed by atoms with Crippen LogP contribution in [0.5, 0.6) is 0 Å². The van der Waals surface area contributed by atoms with E-state index >= 15 is 0 Å². The van der Waals surface area contributed by atoms with Gasteiger partial charge in [-0.1, -0.05) is 139 Å². The molecule has 3 aromatic rings. The second-order valence-electron chi connectivity index (χ2n) is 16.1. The first kappa shape index (κ1) is 46.4. The van der Waals surface area contributed by atoms with Crippen LogP contribution in [0.25, 0.3) is 0 Å². The highest BCUT2D eigenvalue weighted by Crippen LogP contribution is 2.40. The number of anilines is 1. The van der Waals surface area contributed by atoms with Crippen LogP contribution in [0.15, 0.2) is 81.6 Å². The zero-order valence-electron chi connectivity index (χ0n) is 35.4. The van der Waals surface area contributed by atoms with Gasteiger partial charge in [0.1, 0.15) is 10.6 Å². The lowest BCUT2D eigenvalue weighted by atomic mass is 10.0. The number of benzene rings is 3. The van der Waals surface area contributed by atoms with Gasteiger partial charge in [-0.25, -0.2) is 31.1 Å². The van der Waals surface area contributed by atoms with Crippen molar-refractivity contribution in [2.24, 2.45) is 9.98 Å². The standard InChI is InChI=1S/C45H63ClN6O5S2/c1-5-7-8-9-10-11-12-13-14-15-16-17-18-19-20-25-32-51-44(48-40-28-23-24-29-41(40)59(51,56)57)43(45(53)49-39-27-22-21-26-37(39)46)47-38-31-30-36(33-35(38)3)52(6-2)34-42(52)50-58(4,54)55/h21-24,26-31,33,42,50H,5-20,25,32,34H2,1-4H3/p+1. The number of aryl methyl sites for hydroxylation is 1. The monoisotopic (exact) mass is 867 g/mol. The van der Waals surface area contributed by atoms with Gasteiger partial charge in [-0.05, 0) is 56.2 Å². The molecule has 2 heterocycles. The lowest BCUT2D eigenvalue weighted by Gasteiger charge is -2.30. The summed E-state index contributed by atoms with van der Waals surface area (Å²) in [6.07, 6.45) is 20.1. The second kappa shape index (κ2) is 21.8. The van der Waals surface area contributed by atoms with Crippen LogP contribution < -0.4 is 14.5 Å². The van der Waals surface area contributed by atoms with Crippen LogP contribution in [-0.2, 0) is 24.8 Å². The number of quaternary nitrogens is 1. The molecule has 0 radical (unpaired) electrons. The number of sulfonamides is 2. The molecule has 0 bridgehead atoms. The molecule has 3 aromatic carbocycles. The van der Waals surface area contributed by atoms with Gasteiger partial charge < -0.3 is 5.32 Å². The average molecular weight is 869 g/mol. The Kier molecular flexibility index (Phi) is 17.1. The van der Waals surface area contributed by atoms with Crippen LogP contribution in [0.3, 0.4) is 0 Å². The SMILES string of the molecule is CCCCCCCCCCCCCCCCCCN1C(C(=Nc2ccc([N+]3(CC)CC3NS(C)(=O)=O)cc2C)C(=O)Nc2ccccc2Cl)=Nc2ccccc2S1(=O)=O. The van der Waals surface area contributed by atoms with Crippen molar-refractivity contribution in [1.29, 1.82) is 0 Å². The summed E-state index contributed by atoms with van der Waals surface area (Å²) in [5, 5.41) is 3.17. The third kappa shape index (κ3) is 12.7. The molecular formula is C45H64ClN6O5S2+. The first-order chi connectivity index (χ1) is 28.3. The number of nitrogens with zero attached hydrogens (tertiary/aromatic N) is 4. The largest absolute Gasteiger partial charge is 0.319 e. The molecule has 11 nitrogen and oxygen atoms in total. The van der Waals surface area contributed by atoms with Gasteiger partial charge in [0.05, 0.1) is 34.9 Å². The predicted molar refractivity (Wildman–Crippen MR) is 244 cm³/mol. The molecule has 2 aliphatic heterocycles. The minimum absolute atomic E-state index is 0.0573. The van der Waals surface area contributed by atoms with Crippen molar-refractivity contribution >= 4 is 71.9 Å². The number of fused-ring (bicyclic) bond motifs is 1. The van der Waals surface area contributed by atoms with Gasteiger partial charge in [-0.15, -0.1) is 0 Å². The van der Waals surface area contributed by atoms with Crippen molar-refractivity contribution in [3.63, 3.8) is 0 Å². The fraction of sp³-hybridized carbons (Fsp3) is 0.533. The number of halogens is 1. The van der Waals surface area contributed by atoms with Crippen molar-refractivity contribution in [2.45, 2.75) is 135 Å². The summed E-state index contributed by atoms with van der Waals surface area (Å²) < 4.78 is 57.2. The van der Waals surface area contributed by atoms with Crippen LogP contribution >= 0.6 is 11.6 Å². The van der Waals surface area contributed by atoms with Gasteiger partial charge in [-0.3, -0.25) is 9.28 Å². The van der Waals surface area contributed by atoms with Gasteiger partial charge in [0.25, 0.3) is 15.9 Å². The molecule has 2 unspecified atom stereocenters. The molecule has 5 rings (SSSR count). The second-order valence-corrected chi connectivity index (χ2v) is 20.1. The van der Waals surface area contributed by atoms with E-state index in [-0.39, 0.29) is 34.8 Å². The van der Waals surface area contributed by atoms with Gasteiger partial charge >= 0.3 is 0 Å². The summed E-state index contributed by atoms with van der Waals surface area (Å²) in [7, 11) is -7.50. The van der Waals surface area contributed by atoms with Gasteiger partial charge in [-0.2, -0.15) is 4.72 Å². The number of unbranched alkanes of at least 4 members (excludes halogenated alkanes) is 15. The van der Waals surface area contributed by atoms with Crippen molar-refractivity contribution in [3.8, 4) is 0 Å². The van der Waals surface area contributed by atoms with Gasteiger partial charge in [0.15, 0.2) is 18.1 Å². The number of carbonyl (C=O) groups excluding carboxylic acids is 1. The van der Waals surface area contributed by atoms with E-state index in [4.69, 9.17) is 21.6 Å². The smallest absolute Gasteiger partial charge is 0.278 e. The Labute approximate surface area is 358 Å². The molecule has 0 aromatic heterocycles. The van der Waals surface area contributed by atoms with E-state index in [0.717, 1.165) is 36.8 Å². The van der Waals surface area contributed by atoms with Crippen molar-refractivity contribution < 1.29 is 21.6 Å². The molecule has 59 heavy (non-hydrogen) atoms. The van der Waals surface area contributed by atoms with Crippen LogP contribution in [0.2, 0.25) is 5.02 Å². The molecule has 2 N–H and O–H groups in total. The summed E-state index contributed by atoms with van der Waals surface area (Å²) in [4.78, 5) is 24.1. The maximum atomic E-state index is 14.4. The number of amidine groups is 1. The molecule has 322 valence electrons. The number of para-hydroxylation sites is 2. The molecule has 0 saturated carbocycles. The Morgan fingerprint density at radius 1 is 0.847 bits per heavy atom. The number of amides is 1. The highest BCUT2D eigenvalue weighted by atomic mass is 35.5. The Morgan fingerprint density at radius 3 is 2.00 bits per heavy atom. The molecule has 1 amide bonds. The summed E-state index contributed by atoms with van der Waals surface area (Å²) in [6, 6.07) is 19.0. The lowest BCUT2D eigenvalue weighted by Crippen LogP contribution is -2.47. The number of hydrogen-bond donors (Lipinski definition) is 2. The number of rotatable bonds is 25. The summed E-state index contributed by atoms with van der Waals surface area (Å²) >= 11 is 6.46. The molecule has 1 fully saturated rings. The van der Waals surface area contributed by atoms with E-state index in [0.29, 0.717) is 40.4 Å². The number of hydrogen-bond acceptors (Lipinski definition) is 7. The van der Waals surface area contributed by atoms with Crippen molar-refractivity contribution in [1.82, 2.24) is 13.5 Å². The fourth-order valence-electron chi connectivity index (χ4n) is 7.94. The molecule has 2 aliphatic rings. The van der Waals surface area contributed by atoms with Crippen LogP contribution in [-0.4, -0.2) is 70.7 Å². The summed E-state index contributed by atoms with van der Waals surface area (Å²) in [6.45, 7) is 7.55. The topological polar surface area (TPSA) is 137 Å². The lowest BCUT2D eigenvalue weighted by molar-refractivity contribution is -0.110. The quantitative estimate of drug-likeness (QED) is 0.0378. The predicted octanol–water partition coefficient (Wildman–Crippen LogP) is 10.6. The maximum Gasteiger partial charge on any atom is 0.278 e. The number of aliphatic imine (C=N–C) groups is 2. The van der Waals surface area contributed by atoms with Gasteiger partial charge in [0, 0.05) is 18.7 Å².